The molecule has 2 aromatic carbocycles. The lowest BCUT2D eigenvalue weighted by molar-refractivity contribution is -0.131. The van der Waals surface area contributed by atoms with E-state index in [4.69, 9.17) is 4.74 Å². The fourth-order valence-electron chi connectivity index (χ4n) is 4.00. The first kappa shape index (κ1) is 20.1. The number of hydrogen-bond acceptors (Lipinski definition) is 4. The van der Waals surface area contributed by atoms with E-state index >= 15 is 0 Å². The third-order valence-electron chi connectivity index (χ3n) is 5.63. The fourth-order valence-corrected chi connectivity index (χ4v) is 4.00. The van der Waals surface area contributed by atoms with Gasteiger partial charge < -0.3 is 14.5 Å². The summed E-state index contributed by atoms with van der Waals surface area (Å²) in [5, 5.41) is 0. The zero-order valence-corrected chi connectivity index (χ0v) is 17.6. The number of methoxy groups -OCH3 is 1. The molecule has 0 radical (unpaired) electrons. The highest BCUT2D eigenvalue weighted by Gasteiger charge is 2.33. The molecule has 0 atom stereocenters. The molecule has 5 nitrogen and oxygen atoms in total. The predicted molar refractivity (Wildman–Crippen MR) is 118 cm³/mol. The Morgan fingerprint density at radius 1 is 1.07 bits per heavy atom. The minimum Gasteiger partial charge on any atom is -0.497 e. The van der Waals surface area contributed by atoms with Crippen LogP contribution in [0, 0.1) is 11.8 Å². The molecule has 0 fully saturated rings. The second-order valence-corrected chi connectivity index (χ2v) is 7.74. The van der Waals surface area contributed by atoms with Crippen LogP contribution < -0.4 is 4.74 Å². The predicted octanol–water partition coefficient (Wildman–Crippen LogP) is 2.94. The Morgan fingerprint density at radius 3 is 2.57 bits per heavy atom. The molecule has 2 aliphatic heterocycles. The van der Waals surface area contributed by atoms with Gasteiger partial charge in [-0.05, 0) is 29.8 Å². The summed E-state index contributed by atoms with van der Waals surface area (Å²) >= 11 is 0. The Labute approximate surface area is 178 Å². The van der Waals surface area contributed by atoms with E-state index in [2.05, 4.69) is 28.7 Å². The van der Waals surface area contributed by atoms with Crippen molar-refractivity contribution in [1.29, 1.82) is 0 Å². The van der Waals surface area contributed by atoms with Crippen molar-refractivity contribution >= 4 is 5.91 Å². The lowest BCUT2D eigenvalue weighted by Gasteiger charge is -2.42. The number of benzene rings is 2. The normalized spacial score (nSPS) is 16.8. The van der Waals surface area contributed by atoms with Crippen LogP contribution in [-0.4, -0.2) is 61.1 Å². The molecule has 5 heteroatoms. The Hall–Kier alpha value is -3.23. The number of hydrogen-bond donors (Lipinski definition) is 0. The first-order chi connectivity index (χ1) is 14.6. The van der Waals surface area contributed by atoms with E-state index in [0.29, 0.717) is 26.3 Å². The molecule has 2 heterocycles. The molecular formula is C25H27N3O2. The highest BCUT2D eigenvalue weighted by atomic mass is 16.5. The topological polar surface area (TPSA) is 36.0 Å². The second kappa shape index (κ2) is 9.06. The molecule has 2 aliphatic rings. The summed E-state index contributed by atoms with van der Waals surface area (Å²) in [5.41, 5.74) is 4.21. The van der Waals surface area contributed by atoms with E-state index in [1.165, 1.54) is 5.70 Å². The Bertz CT molecular complexity index is 987. The third-order valence-corrected chi connectivity index (χ3v) is 5.63. The monoisotopic (exact) mass is 401 g/mol. The van der Waals surface area contributed by atoms with Crippen molar-refractivity contribution in [2.24, 2.45) is 0 Å². The summed E-state index contributed by atoms with van der Waals surface area (Å²) in [6, 6.07) is 17.9. The average Bonchev–Trinajstić information content (AvgIpc) is 2.78. The summed E-state index contributed by atoms with van der Waals surface area (Å²) in [7, 11) is 3.73. The Morgan fingerprint density at radius 2 is 1.83 bits per heavy atom. The molecule has 0 aliphatic carbocycles. The van der Waals surface area contributed by atoms with Crippen LogP contribution in [0.25, 0.3) is 0 Å². The molecule has 2 aromatic rings. The van der Waals surface area contributed by atoms with Crippen LogP contribution in [0.3, 0.4) is 0 Å². The van der Waals surface area contributed by atoms with Gasteiger partial charge >= 0.3 is 0 Å². The van der Waals surface area contributed by atoms with Crippen molar-refractivity contribution in [2.45, 2.75) is 13.0 Å². The summed E-state index contributed by atoms with van der Waals surface area (Å²) in [6.45, 7) is 3.47. The number of ether oxygens (including phenoxy) is 1. The first-order valence-corrected chi connectivity index (χ1v) is 10.3. The molecule has 154 valence electrons. The number of carbonyl (C=O) groups is 1. The minimum atomic E-state index is 0.139. The lowest BCUT2D eigenvalue weighted by atomic mass is 10.0. The smallest absolute Gasteiger partial charge is 0.254 e. The highest BCUT2D eigenvalue weighted by molar-refractivity contribution is 5.95. The fraction of sp³-hybridized carbons (Fsp3) is 0.320. The molecule has 0 spiro atoms. The molecule has 4 rings (SSSR count). The van der Waals surface area contributed by atoms with Gasteiger partial charge in [-0.1, -0.05) is 42.2 Å². The maximum atomic E-state index is 13.2. The van der Waals surface area contributed by atoms with E-state index < -0.39 is 0 Å². The second-order valence-electron chi connectivity index (χ2n) is 7.74. The van der Waals surface area contributed by atoms with Crippen molar-refractivity contribution in [3.63, 3.8) is 0 Å². The van der Waals surface area contributed by atoms with Crippen LogP contribution in [0.2, 0.25) is 0 Å². The zero-order valence-electron chi connectivity index (χ0n) is 17.6. The lowest BCUT2D eigenvalue weighted by Crippen LogP contribution is -2.50. The third kappa shape index (κ3) is 4.50. The van der Waals surface area contributed by atoms with Gasteiger partial charge in [0.25, 0.3) is 5.91 Å². The highest BCUT2D eigenvalue weighted by Crippen LogP contribution is 2.27. The van der Waals surface area contributed by atoms with Gasteiger partial charge in [-0.2, -0.15) is 0 Å². The van der Waals surface area contributed by atoms with E-state index in [-0.39, 0.29) is 5.91 Å². The first-order valence-electron chi connectivity index (χ1n) is 10.3. The Kier molecular flexibility index (Phi) is 6.06. The molecule has 1 amide bonds. The van der Waals surface area contributed by atoms with E-state index in [1.807, 2.05) is 59.5 Å². The van der Waals surface area contributed by atoms with Gasteiger partial charge in [0.05, 0.1) is 25.9 Å². The summed E-state index contributed by atoms with van der Waals surface area (Å²) in [4.78, 5) is 19.6. The molecule has 0 N–H and O–H groups in total. The summed E-state index contributed by atoms with van der Waals surface area (Å²) < 4.78 is 5.23. The minimum absolute atomic E-state index is 0.139. The molecule has 30 heavy (non-hydrogen) atoms. The van der Waals surface area contributed by atoms with Crippen LogP contribution in [0.5, 0.6) is 5.75 Å². The van der Waals surface area contributed by atoms with Gasteiger partial charge in [0, 0.05) is 44.4 Å². The summed E-state index contributed by atoms with van der Waals surface area (Å²) in [5.74, 6) is 7.43. The van der Waals surface area contributed by atoms with Crippen molar-refractivity contribution < 1.29 is 9.53 Å². The molecule has 0 saturated heterocycles. The number of amides is 1. The van der Waals surface area contributed by atoms with Crippen LogP contribution in [-0.2, 0) is 11.3 Å². The average molecular weight is 402 g/mol. The van der Waals surface area contributed by atoms with Gasteiger partial charge in [-0.25, -0.2) is 0 Å². The van der Waals surface area contributed by atoms with Crippen LogP contribution in [0.4, 0.5) is 0 Å². The maximum absolute atomic E-state index is 13.2. The molecular weight excluding hydrogens is 374 g/mol. The van der Waals surface area contributed by atoms with Gasteiger partial charge in [-0.15, -0.1) is 0 Å². The van der Waals surface area contributed by atoms with Crippen LogP contribution in [0.1, 0.15) is 17.5 Å². The van der Waals surface area contributed by atoms with Gasteiger partial charge in [0.2, 0.25) is 0 Å². The summed E-state index contributed by atoms with van der Waals surface area (Å²) in [6.07, 6.45) is 0.890. The molecule has 0 aromatic heterocycles. The quantitative estimate of drug-likeness (QED) is 0.738. The number of carbonyl (C=O) groups excluding carboxylic acids is 1. The van der Waals surface area contributed by atoms with Crippen molar-refractivity contribution in [1.82, 2.24) is 14.7 Å². The van der Waals surface area contributed by atoms with E-state index in [0.717, 1.165) is 35.4 Å². The van der Waals surface area contributed by atoms with E-state index in [1.54, 1.807) is 7.11 Å². The zero-order chi connectivity index (χ0) is 20.9. The van der Waals surface area contributed by atoms with Crippen molar-refractivity contribution in [2.75, 3.05) is 40.5 Å². The van der Waals surface area contributed by atoms with Crippen LogP contribution >= 0.6 is 0 Å². The molecule has 0 saturated carbocycles. The van der Waals surface area contributed by atoms with E-state index in [9.17, 15) is 4.79 Å². The molecule has 0 bridgehead atoms. The standard InChI is InChI=1S/C25H27N3O2/c1-26-19-28(17-21-10-12-22(30-2)13-11-21)25(29)23-18-27(16-14-24(23)26)15-6-9-20-7-4-3-5-8-20/h3-5,7-8,10-13H,14-19H2,1-2H3. The van der Waals surface area contributed by atoms with Gasteiger partial charge in [0.1, 0.15) is 5.75 Å². The van der Waals surface area contributed by atoms with Crippen molar-refractivity contribution in [3.05, 3.63) is 77.0 Å². The number of nitrogens with zero attached hydrogens (tertiary/aromatic N) is 3. The van der Waals surface area contributed by atoms with Crippen LogP contribution in [0.15, 0.2) is 65.9 Å². The number of rotatable bonds is 4. The van der Waals surface area contributed by atoms with Gasteiger partial charge in [0.15, 0.2) is 0 Å². The Balaban J connectivity index is 1.43. The maximum Gasteiger partial charge on any atom is 0.254 e. The largest absolute Gasteiger partial charge is 0.497 e. The molecule has 0 unspecified atom stereocenters. The van der Waals surface area contributed by atoms with Crippen molar-refractivity contribution in [3.8, 4) is 17.6 Å². The SMILES string of the molecule is COc1ccc(CN2CN(C)C3=C(CN(CC#Cc4ccccc4)CC3)C2=O)cc1. The van der Waals surface area contributed by atoms with Gasteiger partial charge in [-0.3, -0.25) is 9.69 Å².